The molecule has 0 radical (unpaired) electrons. The van der Waals surface area contributed by atoms with Crippen LogP contribution in [0.15, 0.2) is 34.2 Å². The van der Waals surface area contributed by atoms with Gasteiger partial charge in [-0.05, 0) is 19.1 Å². The number of ether oxygens (including phenoxy) is 1. The van der Waals surface area contributed by atoms with Gasteiger partial charge in [-0.25, -0.2) is 18.8 Å². The van der Waals surface area contributed by atoms with Gasteiger partial charge in [0.1, 0.15) is 5.94 Å². The van der Waals surface area contributed by atoms with E-state index in [1.54, 1.807) is 12.9 Å². The van der Waals surface area contributed by atoms with Gasteiger partial charge in [0.2, 0.25) is 0 Å². The molecule has 1 heterocycles. The lowest BCUT2D eigenvalue weighted by Gasteiger charge is -2.18. The van der Waals surface area contributed by atoms with Gasteiger partial charge in [-0.1, -0.05) is 6.08 Å². The fourth-order valence-corrected chi connectivity index (χ4v) is 2.14. The molecule has 0 aromatic carbocycles. The molecule has 1 aromatic rings. The molecule has 1 aromatic heterocycles. The minimum Gasteiger partial charge on any atom is -0.464 e. The molecule has 0 N–H and O–H groups in total. The number of rotatable bonds is 4. The van der Waals surface area contributed by atoms with Crippen molar-refractivity contribution in [1.29, 1.82) is 0 Å². The number of alkyl halides is 3. The summed E-state index contributed by atoms with van der Waals surface area (Å²) < 4.78 is 45.7. The molecule has 0 fully saturated rings. The molecule has 124 valence electrons. The van der Waals surface area contributed by atoms with Crippen molar-refractivity contribution in [3.8, 4) is 6.01 Å². The molecule has 0 amide bonds. The second-order valence-corrected chi connectivity index (χ2v) is 4.86. The zero-order chi connectivity index (χ0) is 17.2. The first kappa shape index (κ1) is 16.8. The SMILES string of the molecule is CCOc1nn(CC2C=C(C(F)(F)F)C=CC2=C=O)c(=O)n1C. The Morgan fingerprint density at radius 2 is 2.09 bits per heavy atom. The molecule has 0 bridgehead atoms. The summed E-state index contributed by atoms with van der Waals surface area (Å²) in [7, 11) is 1.44. The van der Waals surface area contributed by atoms with Gasteiger partial charge < -0.3 is 4.74 Å². The lowest BCUT2D eigenvalue weighted by Crippen LogP contribution is -2.27. The van der Waals surface area contributed by atoms with Crippen molar-refractivity contribution in [2.24, 2.45) is 13.0 Å². The molecule has 23 heavy (non-hydrogen) atoms. The Kier molecular flexibility index (Phi) is 4.60. The number of carbonyl (C=O) groups excluding carboxylic acids is 1. The van der Waals surface area contributed by atoms with Gasteiger partial charge in [-0.15, -0.1) is 5.10 Å². The van der Waals surface area contributed by atoms with Gasteiger partial charge in [0.15, 0.2) is 0 Å². The van der Waals surface area contributed by atoms with Crippen LogP contribution in [0.4, 0.5) is 13.2 Å². The third-order valence-corrected chi connectivity index (χ3v) is 3.31. The van der Waals surface area contributed by atoms with Crippen LogP contribution in [-0.2, 0) is 18.4 Å². The predicted molar refractivity (Wildman–Crippen MR) is 74.6 cm³/mol. The summed E-state index contributed by atoms with van der Waals surface area (Å²) in [4.78, 5) is 22.9. The third-order valence-electron chi connectivity index (χ3n) is 3.31. The molecule has 0 saturated carbocycles. The van der Waals surface area contributed by atoms with Crippen molar-refractivity contribution in [3.05, 3.63) is 39.9 Å². The largest absolute Gasteiger partial charge is 0.464 e. The number of aromatic nitrogens is 3. The van der Waals surface area contributed by atoms with Crippen molar-refractivity contribution in [1.82, 2.24) is 14.3 Å². The normalized spacial score (nSPS) is 17.9. The quantitative estimate of drug-likeness (QED) is 0.784. The molecule has 1 aliphatic carbocycles. The van der Waals surface area contributed by atoms with Crippen LogP contribution in [-0.4, -0.2) is 33.1 Å². The Morgan fingerprint density at radius 1 is 1.39 bits per heavy atom. The van der Waals surface area contributed by atoms with E-state index < -0.39 is 23.4 Å². The van der Waals surface area contributed by atoms with E-state index in [0.717, 1.165) is 27.5 Å². The molecule has 1 aliphatic rings. The van der Waals surface area contributed by atoms with Gasteiger partial charge in [-0.2, -0.15) is 13.2 Å². The Morgan fingerprint density at radius 3 is 2.65 bits per heavy atom. The average molecular weight is 329 g/mol. The Hall–Kier alpha value is -2.54. The summed E-state index contributed by atoms with van der Waals surface area (Å²) >= 11 is 0. The van der Waals surface area contributed by atoms with E-state index in [-0.39, 0.29) is 24.7 Å². The smallest absolute Gasteiger partial charge is 0.416 e. The summed E-state index contributed by atoms with van der Waals surface area (Å²) in [6.07, 6.45) is -1.78. The maximum atomic E-state index is 12.8. The average Bonchev–Trinajstić information content (AvgIpc) is 2.75. The molecule has 6 nitrogen and oxygen atoms in total. The molecular formula is C14H14F3N3O3. The van der Waals surface area contributed by atoms with Crippen LogP contribution in [0.25, 0.3) is 0 Å². The highest BCUT2D eigenvalue weighted by Crippen LogP contribution is 2.32. The van der Waals surface area contributed by atoms with E-state index in [4.69, 9.17) is 4.74 Å². The van der Waals surface area contributed by atoms with Crippen molar-refractivity contribution in [2.45, 2.75) is 19.6 Å². The lowest BCUT2D eigenvalue weighted by molar-refractivity contribution is -0.0887. The van der Waals surface area contributed by atoms with Gasteiger partial charge in [0, 0.05) is 18.5 Å². The summed E-state index contributed by atoms with van der Waals surface area (Å²) in [6.45, 7) is 1.78. The van der Waals surface area contributed by atoms with Crippen molar-refractivity contribution >= 4 is 5.94 Å². The van der Waals surface area contributed by atoms with E-state index in [1.807, 2.05) is 0 Å². The van der Waals surface area contributed by atoms with E-state index in [9.17, 15) is 22.8 Å². The molecule has 0 saturated heterocycles. The minimum atomic E-state index is -4.53. The topological polar surface area (TPSA) is 66.1 Å². The molecule has 1 unspecified atom stereocenters. The maximum absolute atomic E-state index is 12.8. The van der Waals surface area contributed by atoms with Crippen LogP contribution in [0.1, 0.15) is 6.92 Å². The van der Waals surface area contributed by atoms with Crippen LogP contribution in [0, 0.1) is 5.92 Å². The molecule has 0 spiro atoms. The molecule has 0 aliphatic heterocycles. The Balaban J connectivity index is 2.36. The molecule has 2 rings (SSSR count). The number of halogens is 3. The first-order valence-electron chi connectivity index (χ1n) is 6.76. The fourth-order valence-electron chi connectivity index (χ4n) is 2.14. The molecule has 9 heteroatoms. The van der Waals surface area contributed by atoms with Crippen molar-refractivity contribution in [3.63, 3.8) is 0 Å². The minimum absolute atomic E-state index is 0.0218. The van der Waals surface area contributed by atoms with Crippen LogP contribution < -0.4 is 10.4 Å². The highest BCUT2D eigenvalue weighted by molar-refractivity contribution is 5.61. The monoisotopic (exact) mass is 329 g/mol. The molecular weight excluding hydrogens is 315 g/mol. The highest BCUT2D eigenvalue weighted by atomic mass is 19.4. The Labute approximate surface area is 129 Å². The van der Waals surface area contributed by atoms with E-state index in [2.05, 4.69) is 5.10 Å². The lowest BCUT2D eigenvalue weighted by atomic mass is 9.91. The fraction of sp³-hybridized carbons (Fsp3) is 0.429. The first-order valence-corrected chi connectivity index (χ1v) is 6.76. The summed E-state index contributed by atoms with van der Waals surface area (Å²) in [5.74, 6) is 0.651. The number of hydrogen-bond donors (Lipinski definition) is 0. The van der Waals surface area contributed by atoms with E-state index >= 15 is 0 Å². The summed E-state index contributed by atoms with van der Waals surface area (Å²) in [5, 5.41) is 3.92. The van der Waals surface area contributed by atoms with Gasteiger partial charge >= 0.3 is 17.9 Å². The predicted octanol–water partition coefficient (Wildman–Crippen LogP) is 1.41. The van der Waals surface area contributed by atoms with Crippen molar-refractivity contribution < 1.29 is 22.7 Å². The summed E-state index contributed by atoms with van der Waals surface area (Å²) in [5.41, 5.74) is -1.40. The van der Waals surface area contributed by atoms with Crippen LogP contribution in [0.3, 0.4) is 0 Å². The van der Waals surface area contributed by atoms with Crippen LogP contribution in [0.5, 0.6) is 6.01 Å². The Bertz CT molecular complexity index is 764. The van der Waals surface area contributed by atoms with Crippen LogP contribution >= 0.6 is 0 Å². The summed E-state index contributed by atoms with van der Waals surface area (Å²) in [6, 6.07) is 0.0560. The second kappa shape index (κ2) is 6.29. The highest BCUT2D eigenvalue weighted by Gasteiger charge is 2.35. The van der Waals surface area contributed by atoms with E-state index in [1.165, 1.54) is 7.05 Å². The molecule has 1 atom stereocenters. The third kappa shape index (κ3) is 3.45. The number of nitrogens with zero attached hydrogens (tertiary/aromatic N) is 3. The van der Waals surface area contributed by atoms with Gasteiger partial charge in [-0.3, -0.25) is 0 Å². The second-order valence-electron chi connectivity index (χ2n) is 4.86. The van der Waals surface area contributed by atoms with Gasteiger partial charge in [0.05, 0.1) is 18.7 Å². The zero-order valence-electron chi connectivity index (χ0n) is 12.4. The first-order chi connectivity index (χ1) is 10.8. The zero-order valence-corrected chi connectivity index (χ0v) is 12.4. The van der Waals surface area contributed by atoms with Crippen LogP contribution in [0.2, 0.25) is 0 Å². The van der Waals surface area contributed by atoms with E-state index in [0.29, 0.717) is 0 Å². The maximum Gasteiger partial charge on any atom is 0.416 e. The number of allylic oxidation sites excluding steroid dienone is 5. The van der Waals surface area contributed by atoms with Gasteiger partial charge in [0.25, 0.3) is 0 Å². The number of hydrogen-bond acceptors (Lipinski definition) is 4. The van der Waals surface area contributed by atoms with Crippen molar-refractivity contribution in [2.75, 3.05) is 6.61 Å². The standard InChI is InChI=1S/C14H14F3N3O3/c1-3-23-12-18-20(13(22)19(12)2)7-10-6-11(14(15,16)17)5-4-9(10)8-21/h4-6,10H,3,7H2,1-2H3.